The molecule has 0 aliphatic carbocycles. The minimum absolute atomic E-state index is 0.229. The number of hydrogen-bond donors (Lipinski definition) is 0. The van der Waals surface area contributed by atoms with E-state index in [0.29, 0.717) is 32.1 Å². The van der Waals surface area contributed by atoms with E-state index in [9.17, 15) is 9.59 Å². The number of thiophene rings is 1. The fraction of sp³-hybridized carbons (Fsp3) is 0.125. The first-order chi connectivity index (χ1) is 16.0. The van der Waals surface area contributed by atoms with E-state index >= 15 is 0 Å². The van der Waals surface area contributed by atoms with Gasteiger partial charge < -0.3 is 9.15 Å². The number of hydrogen-bond acceptors (Lipinski definition) is 7. The lowest BCUT2D eigenvalue weighted by Gasteiger charge is -2.22. The van der Waals surface area contributed by atoms with Gasteiger partial charge in [0, 0.05) is 21.0 Å². The summed E-state index contributed by atoms with van der Waals surface area (Å²) >= 11 is 6.18. The van der Waals surface area contributed by atoms with Gasteiger partial charge in [-0.2, -0.15) is 0 Å². The van der Waals surface area contributed by atoms with Crippen molar-refractivity contribution in [3.63, 3.8) is 0 Å². The smallest absolute Gasteiger partial charge is 0.338 e. The zero-order valence-corrected chi connectivity index (χ0v) is 20.8. The predicted molar refractivity (Wildman–Crippen MR) is 132 cm³/mol. The molecule has 33 heavy (non-hydrogen) atoms. The molecule has 6 nitrogen and oxygen atoms in total. The molecule has 1 unspecified atom stereocenters. The van der Waals surface area contributed by atoms with E-state index in [1.807, 2.05) is 53.9 Å². The number of allylic oxidation sites excluding steroid dienone is 1. The highest BCUT2D eigenvalue weighted by atomic mass is 79.9. The zero-order valence-electron chi connectivity index (χ0n) is 17.6. The molecule has 0 bridgehead atoms. The Morgan fingerprint density at radius 1 is 1.21 bits per heavy atom. The molecule has 0 amide bonds. The second-order valence-electron chi connectivity index (χ2n) is 7.30. The van der Waals surface area contributed by atoms with Crippen LogP contribution >= 0.6 is 38.6 Å². The maximum atomic E-state index is 13.5. The van der Waals surface area contributed by atoms with Gasteiger partial charge in [-0.25, -0.2) is 9.79 Å². The normalized spacial score (nSPS) is 16.0. The number of fused-ring (bicyclic) bond motifs is 1. The van der Waals surface area contributed by atoms with Gasteiger partial charge in [-0.3, -0.25) is 9.36 Å². The number of esters is 1. The van der Waals surface area contributed by atoms with Gasteiger partial charge in [-0.05, 0) is 42.6 Å². The van der Waals surface area contributed by atoms with Crippen LogP contribution in [-0.2, 0) is 9.53 Å². The number of furan rings is 1. The molecule has 0 N–H and O–H groups in total. The molecule has 166 valence electrons. The molecule has 4 heterocycles. The minimum Gasteiger partial charge on any atom is -0.466 e. The lowest BCUT2D eigenvalue weighted by Crippen LogP contribution is -2.39. The Kier molecular flexibility index (Phi) is 5.77. The molecule has 0 spiro atoms. The summed E-state index contributed by atoms with van der Waals surface area (Å²) in [7, 11) is 1.33. The van der Waals surface area contributed by atoms with Crippen molar-refractivity contribution in [2.75, 3.05) is 7.11 Å². The third kappa shape index (κ3) is 3.96. The van der Waals surface area contributed by atoms with Crippen molar-refractivity contribution in [1.29, 1.82) is 0 Å². The molecule has 0 saturated heterocycles. The molecule has 0 fully saturated rings. The highest BCUT2D eigenvalue weighted by Crippen LogP contribution is 2.33. The van der Waals surface area contributed by atoms with E-state index in [1.165, 1.54) is 29.8 Å². The average Bonchev–Trinajstić information content (AvgIpc) is 3.55. The van der Waals surface area contributed by atoms with Crippen LogP contribution in [0.3, 0.4) is 0 Å². The summed E-state index contributed by atoms with van der Waals surface area (Å²) in [5.41, 5.74) is 1.63. The summed E-state index contributed by atoms with van der Waals surface area (Å²) in [5.74, 6) is 0.783. The number of carbonyl (C=O) groups is 1. The molecule has 5 rings (SSSR count). The van der Waals surface area contributed by atoms with Crippen molar-refractivity contribution in [1.82, 2.24) is 4.57 Å². The van der Waals surface area contributed by atoms with Gasteiger partial charge in [0.25, 0.3) is 5.56 Å². The lowest BCUT2D eigenvalue weighted by molar-refractivity contribution is -0.136. The molecule has 3 aromatic heterocycles. The van der Waals surface area contributed by atoms with Crippen molar-refractivity contribution in [3.8, 4) is 11.3 Å². The molecule has 9 heteroatoms. The Morgan fingerprint density at radius 3 is 2.70 bits per heavy atom. The fourth-order valence-electron chi connectivity index (χ4n) is 3.74. The predicted octanol–water partition coefficient (Wildman–Crippen LogP) is 4.49. The van der Waals surface area contributed by atoms with Crippen molar-refractivity contribution in [3.05, 3.63) is 100.0 Å². The van der Waals surface area contributed by atoms with E-state index in [-0.39, 0.29) is 5.56 Å². The van der Waals surface area contributed by atoms with E-state index in [4.69, 9.17) is 9.15 Å². The molecule has 4 aromatic rings. The average molecular weight is 541 g/mol. The van der Waals surface area contributed by atoms with Crippen LogP contribution in [0.15, 0.2) is 83.9 Å². The number of thiazole rings is 1. The number of aromatic nitrogens is 1. The van der Waals surface area contributed by atoms with Crippen molar-refractivity contribution in [2.24, 2.45) is 4.99 Å². The first-order valence-corrected chi connectivity index (χ1v) is 12.4. The molecule has 0 radical (unpaired) electrons. The number of ether oxygens (including phenoxy) is 1. The number of carbonyl (C=O) groups excluding carboxylic acids is 1. The van der Waals surface area contributed by atoms with E-state index in [0.717, 1.165) is 14.9 Å². The monoisotopic (exact) mass is 540 g/mol. The Morgan fingerprint density at radius 2 is 2.00 bits per heavy atom. The van der Waals surface area contributed by atoms with E-state index < -0.39 is 12.0 Å². The summed E-state index contributed by atoms with van der Waals surface area (Å²) in [4.78, 5) is 32.0. The number of benzene rings is 1. The second-order valence-corrected chi connectivity index (χ2v) is 10.2. The maximum Gasteiger partial charge on any atom is 0.338 e. The highest BCUT2D eigenvalue weighted by molar-refractivity contribution is 9.10. The number of rotatable bonds is 4. The van der Waals surface area contributed by atoms with Gasteiger partial charge in [0.05, 0.1) is 22.9 Å². The first-order valence-electron chi connectivity index (χ1n) is 9.96. The van der Waals surface area contributed by atoms with Gasteiger partial charge in [0.2, 0.25) is 0 Å². The van der Waals surface area contributed by atoms with Crippen molar-refractivity contribution < 1.29 is 13.9 Å². The summed E-state index contributed by atoms with van der Waals surface area (Å²) in [6.07, 6.45) is 1.72. The zero-order chi connectivity index (χ0) is 23.1. The fourth-order valence-corrected chi connectivity index (χ4v) is 5.85. The molecule has 1 aliphatic heterocycles. The molecular weight excluding hydrogens is 524 g/mol. The van der Waals surface area contributed by atoms with Gasteiger partial charge >= 0.3 is 5.97 Å². The first kappa shape index (κ1) is 21.8. The molecule has 0 saturated carbocycles. The second kappa shape index (κ2) is 8.74. The molecular formula is C24H17BrN2O4S2. The van der Waals surface area contributed by atoms with Crippen LogP contribution in [0, 0.1) is 0 Å². The Balaban J connectivity index is 1.62. The number of methoxy groups -OCH3 is 1. The number of nitrogens with zero attached hydrogens (tertiary/aromatic N) is 2. The molecule has 1 aromatic carbocycles. The topological polar surface area (TPSA) is 73.8 Å². The molecule has 1 aliphatic rings. The van der Waals surface area contributed by atoms with E-state index in [2.05, 4.69) is 20.9 Å². The number of halogens is 1. The minimum atomic E-state index is -0.578. The van der Waals surface area contributed by atoms with Crippen LogP contribution in [0.4, 0.5) is 0 Å². The van der Waals surface area contributed by atoms with Gasteiger partial charge in [0.15, 0.2) is 4.80 Å². The van der Waals surface area contributed by atoms with Crippen LogP contribution in [-0.4, -0.2) is 17.6 Å². The van der Waals surface area contributed by atoms with Crippen LogP contribution in [0.5, 0.6) is 0 Å². The van der Waals surface area contributed by atoms with Crippen LogP contribution in [0.2, 0.25) is 0 Å². The quantitative estimate of drug-likeness (QED) is 0.357. The summed E-state index contributed by atoms with van der Waals surface area (Å²) in [6.45, 7) is 1.76. The van der Waals surface area contributed by atoms with Crippen LogP contribution < -0.4 is 14.9 Å². The summed E-state index contributed by atoms with van der Waals surface area (Å²) < 4.78 is 14.0. The van der Waals surface area contributed by atoms with E-state index in [1.54, 1.807) is 17.6 Å². The summed E-state index contributed by atoms with van der Waals surface area (Å²) in [6, 6.07) is 14.7. The Bertz CT molecular complexity index is 1560. The highest BCUT2D eigenvalue weighted by Gasteiger charge is 2.33. The standard InChI is InChI=1S/C24H17BrN2O4S2/c1-13-20(23(29)30-2)21(18-4-3-11-32-18)27-22(28)19(33-24(27)26-13)12-16-9-10-17(31-16)14-5-7-15(25)8-6-14/h3-12,21H,1-2H3/b19-12+. The third-order valence-electron chi connectivity index (χ3n) is 5.27. The Labute approximate surface area is 204 Å². The van der Waals surface area contributed by atoms with Crippen molar-refractivity contribution >= 4 is 50.6 Å². The lowest BCUT2D eigenvalue weighted by atomic mass is 10.0. The largest absolute Gasteiger partial charge is 0.466 e. The van der Waals surface area contributed by atoms with Gasteiger partial charge in [0.1, 0.15) is 17.6 Å². The summed E-state index contributed by atoms with van der Waals surface area (Å²) in [5, 5.41) is 1.92. The SMILES string of the molecule is COC(=O)C1=C(C)N=c2s/c(=C/c3ccc(-c4ccc(Br)cc4)o3)c(=O)n2C1c1cccs1. The van der Waals surface area contributed by atoms with Crippen molar-refractivity contribution in [2.45, 2.75) is 13.0 Å². The molecule has 1 atom stereocenters. The van der Waals surface area contributed by atoms with Gasteiger partial charge in [-0.1, -0.05) is 45.5 Å². The van der Waals surface area contributed by atoms with Crippen LogP contribution in [0.25, 0.3) is 17.4 Å². The Hall–Kier alpha value is -3.01. The third-order valence-corrected chi connectivity index (χ3v) is 7.70. The van der Waals surface area contributed by atoms with Crippen LogP contribution in [0.1, 0.15) is 23.6 Å². The maximum absolute atomic E-state index is 13.5. The van der Waals surface area contributed by atoms with Gasteiger partial charge in [-0.15, -0.1) is 11.3 Å².